The van der Waals surface area contributed by atoms with Gasteiger partial charge in [0.1, 0.15) is 0 Å². The second kappa shape index (κ2) is 4.98. The van der Waals surface area contributed by atoms with Gasteiger partial charge in [-0.3, -0.25) is 0 Å². The molecule has 1 aliphatic rings. The van der Waals surface area contributed by atoms with Gasteiger partial charge in [0.2, 0.25) is 0 Å². The molecule has 1 atom stereocenters. The largest absolute Gasteiger partial charge is 0.389 e. The predicted octanol–water partition coefficient (Wildman–Crippen LogP) is 1.62. The second-order valence-corrected chi connectivity index (χ2v) is 3.85. The van der Waals surface area contributed by atoms with Crippen molar-refractivity contribution in [3.63, 3.8) is 0 Å². The van der Waals surface area contributed by atoms with Crippen LogP contribution in [0.25, 0.3) is 0 Å². The molecule has 1 aliphatic heterocycles. The van der Waals surface area contributed by atoms with E-state index in [0.29, 0.717) is 12.6 Å². The smallest absolute Gasteiger partial charge is 0.315 e. The quantitative estimate of drug-likeness (QED) is 0.758. The Balaban J connectivity index is 2.11. The molecule has 0 saturated carbocycles. The molecule has 1 heterocycles. The number of rotatable bonds is 4. The van der Waals surface area contributed by atoms with Crippen LogP contribution in [0, 0.1) is 0 Å². The Hall–Kier alpha value is -0.290. The number of likely N-dealkylation sites (N-methyl/N-ethyl adjacent to an activating group) is 1. The van der Waals surface area contributed by atoms with Crippen LogP contribution in [0.1, 0.15) is 19.3 Å². The van der Waals surface area contributed by atoms with Crippen molar-refractivity contribution in [3.05, 3.63) is 0 Å². The van der Waals surface area contributed by atoms with Gasteiger partial charge < -0.3 is 10.2 Å². The van der Waals surface area contributed by atoms with Crippen LogP contribution in [0.15, 0.2) is 0 Å². The summed E-state index contributed by atoms with van der Waals surface area (Å²) in [7, 11) is 1.90. The Morgan fingerprint density at radius 3 is 2.64 bits per heavy atom. The summed E-state index contributed by atoms with van der Waals surface area (Å²) >= 11 is 0. The van der Waals surface area contributed by atoms with Crippen molar-refractivity contribution in [3.8, 4) is 0 Å². The molecule has 1 fully saturated rings. The molecule has 1 rings (SSSR count). The van der Waals surface area contributed by atoms with Crippen LogP contribution < -0.4 is 5.32 Å². The Morgan fingerprint density at radius 2 is 2.14 bits per heavy atom. The van der Waals surface area contributed by atoms with E-state index in [1.54, 1.807) is 0 Å². The fourth-order valence-electron chi connectivity index (χ4n) is 1.73. The molecular formula is C9H17F3N2. The Labute approximate surface area is 82.5 Å². The monoisotopic (exact) mass is 210 g/mol. The van der Waals surface area contributed by atoms with Crippen LogP contribution in [0.2, 0.25) is 0 Å². The number of nitrogens with one attached hydrogen (secondary N) is 1. The van der Waals surface area contributed by atoms with E-state index in [0.717, 1.165) is 19.5 Å². The lowest BCUT2D eigenvalue weighted by Crippen LogP contribution is -2.34. The molecule has 0 aromatic rings. The van der Waals surface area contributed by atoms with Crippen LogP contribution in [-0.2, 0) is 0 Å². The third kappa shape index (κ3) is 4.28. The van der Waals surface area contributed by atoms with E-state index < -0.39 is 12.6 Å². The van der Waals surface area contributed by atoms with Gasteiger partial charge in [-0.15, -0.1) is 0 Å². The molecule has 14 heavy (non-hydrogen) atoms. The van der Waals surface area contributed by atoms with Gasteiger partial charge in [0.05, 0.1) is 0 Å². The first-order valence-corrected chi connectivity index (χ1v) is 4.97. The zero-order chi connectivity index (χ0) is 10.6. The van der Waals surface area contributed by atoms with Crippen molar-refractivity contribution >= 4 is 0 Å². The fraction of sp³-hybridized carbons (Fsp3) is 1.00. The maximum atomic E-state index is 11.9. The minimum atomic E-state index is -4.01. The highest BCUT2D eigenvalue weighted by molar-refractivity contribution is 4.78. The second-order valence-electron chi connectivity index (χ2n) is 3.85. The summed E-state index contributed by atoms with van der Waals surface area (Å²) in [5.41, 5.74) is 0. The molecule has 1 saturated heterocycles. The standard InChI is InChI=1S/C9H17F3N2/c1-14(8-3-5-13-7-8)6-2-4-9(10,11)12/h8,13H,2-7H2,1H3/t8-/m0/s1. The molecule has 0 unspecified atom stereocenters. The fourth-order valence-corrected chi connectivity index (χ4v) is 1.73. The minimum Gasteiger partial charge on any atom is -0.315 e. The van der Waals surface area contributed by atoms with Crippen molar-refractivity contribution < 1.29 is 13.2 Å². The third-order valence-corrected chi connectivity index (χ3v) is 2.63. The van der Waals surface area contributed by atoms with Gasteiger partial charge in [-0.05, 0) is 33.0 Å². The first-order chi connectivity index (χ1) is 6.49. The zero-order valence-corrected chi connectivity index (χ0v) is 8.40. The van der Waals surface area contributed by atoms with Crippen molar-refractivity contribution in [2.75, 3.05) is 26.7 Å². The topological polar surface area (TPSA) is 15.3 Å². The molecule has 0 radical (unpaired) electrons. The molecule has 0 aliphatic carbocycles. The summed E-state index contributed by atoms with van der Waals surface area (Å²) in [6.45, 7) is 2.42. The van der Waals surface area contributed by atoms with Crippen molar-refractivity contribution in [1.29, 1.82) is 0 Å². The summed E-state index contributed by atoms with van der Waals surface area (Å²) < 4.78 is 35.6. The molecule has 0 spiro atoms. The highest BCUT2D eigenvalue weighted by Gasteiger charge is 2.27. The summed E-state index contributed by atoms with van der Waals surface area (Å²) in [5, 5.41) is 3.20. The molecule has 0 aromatic heterocycles. The first-order valence-electron chi connectivity index (χ1n) is 4.97. The lowest BCUT2D eigenvalue weighted by Gasteiger charge is -2.23. The van der Waals surface area contributed by atoms with Crippen LogP contribution >= 0.6 is 0 Å². The van der Waals surface area contributed by atoms with Gasteiger partial charge in [0.25, 0.3) is 0 Å². The zero-order valence-electron chi connectivity index (χ0n) is 8.40. The van der Waals surface area contributed by atoms with E-state index in [4.69, 9.17) is 0 Å². The molecule has 0 bridgehead atoms. The average Bonchev–Trinajstić information content (AvgIpc) is 2.53. The molecule has 1 N–H and O–H groups in total. The number of nitrogens with zero attached hydrogens (tertiary/aromatic N) is 1. The lowest BCUT2D eigenvalue weighted by atomic mass is 10.2. The maximum absolute atomic E-state index is 11.9. The van der Waals surface area contributed by atoms with Crippen LogP contribution in [0.4, 0.5) is 13.2 Å². The molecule has 0 aromatic carbocycles. The van der Waals surface area contributed by atoms with E-state index in [2.05, 4.69) is 5.32 Å². The van der Waals surface area contributed by atoms with Gasteiger partial charge in [0.15, 0.2) is 0 Å². The minimum absolute atomic E-state index is 0.205. The van der Waals surface area contributed by atoms with Crippen LogP contribution in [0.5, 0.6) is 0 Å². The van der Waals surface area contributed by atoms with Gasteiger partial charge in [-0.2, -0.15) is 13.2 Å². The summed E-state index contributed by atoms with van der Waals surface area (Å²) in [6, 6.07) is 0.420. The highest BCUT2D eigenvalue weighted by Crippen LogP contribution is 2.21. The van der Waals surface area contributed by atoms with Crippen molar-refractivity contribution in [2.24, 2.45) is 0 Å². The lowest BCUT2D eigenvalue weighted by molar-refractivity contribution is -0.136. The van der Waals surface area contributed by atoms with E-state index in [-0.39, 0.29) is 6.42 Å². The van der Waals surface area contributed by atoms with Gasteiger partial charge >= 0.3 is 6.18 Å². The summed E-state index contributed by atoms with van der Waals surface area (Å²) in [4.78, 5) is 2.02. The normalized spacial score (nSPS) is 23.4. The number of hydrogen-bond donors (Lipinski definition) is 1. The number of hydrogen-bond acceptors (Lipinski definition) is 2. The van der Waals surface area contributed by atoms with Gasteiger partial charge in [0, 0.05) is 19.0 Å². The van der Waals surface area contributed by atoms with Crippen molar-refractivity contribution in [2.45, 2.75) is 31.5 Å². The van der Waals surface area contributed by atoms with E-state index in [9.17, 15) is 13.2 Å². The maximum Gasteiger partial charge on any atom is 0.389 e. The summed E-state index contributed by atoms with van der Waals surface area (Å²) in [6.07, 6.45) is -3.43. The average molecular weight is 210 g/mol. The summed E-state index contributed by atoms with van der Waals surface area (Å²) in [5.74, 6) is 0. The van der Waals surface area contributed by atoms with E-state index in [1.165, 1.54) is 0 Å². The Bertz CT molecular complexity index is 164. The third-order valence-electron chi connectivity index (χ3n) is 2.63. The van der Waals surface area contributed by atoms with Crippen molar-refractivity contribution in [1.82, 2.24) is 10.2 Å². The molecular weight excluding hydrogens is 193 g/mol. The molecule has 0 amide bonds. The number of halogens is 3. The molecule has 5 heteroatoms. The first kappa shape index (κ1) is 11.8. The predicted molar refractivity (Wildman–Crippen MR) is 49.2 cm³/mol. The SMILES string of the molecule is CN(CCCC(F)(F)F)[C@H]1CCNC1. The highest BCUT2D eigenvalue weighted by atomic mass is 19.4. The van der Waals surface area contributed by atoms with E-state index in [1.807, 2.05) is 11.9 Å². The van der Waals surface area contributed by atoms with Gasteiger partial charge in [-0.1, -0.05) is 0 Å². The molecule has 84 valence electrons. The molecule has 2 nitrogen and oxygen atoms in total. The Kier molecular flexibility index (Phi) is 4.19. The van der Waals surface area contributed by atoms with Crippen LogP contribution in [0.3, 0.4) is 0 Å². The van der Waals surface area contributed by atoms with Crippen LogP contribution in [-0.4, -0.2) is 43.8 Å². The number of alkyl halides is 3. The van der Waals surface area contributed by atoms with Gasteiger partial charge in [-0.25, -0.2) is 0 Å². The Morgan fingerprint density at radius 1 is 1.43 bits per heavy atom. The van der Waals surface area contributed by atoms with E-state index >= 15 is 0 Å².